The zero-order valence-corrected chi connectivity index (χ0v) is 18.8. The Hall–Kier alpha value is -3.62. The molecular formula is C23H19BrN4O3. The van der Waals surface area contributed by atoms with Crippen LogP contribution in [0.2, 0.25) is 0 Å². The highest BCUT2D eigenvalue weighted by atomic mass is 79.9. The van der Waals surface area contributed by atoms with Crippen molar-refractivity contribution in [2.45, 2.75) is 20.8 Å². The van der Waals surface area contributed by atoms with Gasteiger partial charge in [-0.15, -0.1) is 0 Å². The minimum atomic E-state index is -0.466. The van der Waals surface area contributed by atoms with Crippen molar-refractivity contribution in [3.63, 3.8) is 0 Å². The van der Waals surface area contributed by atoms with E-state index in [-0.39, 0.29) is 24.6 Å². The molecule has 0 unspecified atom stereocenters. The molecule has 1 aliphatic carbocycles. The van der Waals surface area contributed by atoms with E-state index in [1.54, 1.807) is 26.0 Å². The molecule has 0 spiro atoms. The Kier molecular flexibility index (Phi) is 6.43. The number of carbonyl (C=O) groups is 1. The lowest BCUT2D eigenvalue weighted by molar-refractivity contribution is -0.145. The lowest BCUT2D eigenvalue weighted by atomic mass is 9.95. The Balaban J connectivity index is 2.17. The third kappa shape index (κ3) is 4.16. The Morgan fingerprint density at radius 2 is 2.03 bits per heavy atom. The van der Waals surface area contributed by atoms with Crippen LogP contribution in [0.25, 0.3) is 17.2 Å². The lowest BCUT2D eigenvalue weighted by Crippen LogP contribution is -2.14. The lowest BCUT2D eigenvalue weighted by Gasteiger charge is -2.13. The average Bonchev–Trinajstić information content (AvgIpc) is 2.98. The van der Waals surface area contributed by atoms with Crippen molar-refractivity contribution in [2.24, 2.45) is 0 Å². The van der Waals surface area contributed by atoms with Crippen LogP contribution >= 0.6 is 15.9 Å². The zero-order valence-electron chi connectivity index (χ0n) is 17.2. The van der Waals surface area contributed by atoms with Crippen molar-refractivity contribution in [2.75, 3.05) is 18.9 Å². The van der Waals surface area contributed by atoms with Crippen LogP contribution in [0.1, 0.15) is 41.8 Å². The minimum absolute atomic E-state index is 0.0986. The van der Waals surface area contributed by atoms with Crippen molar-refractivity contribution < 1.29 is 14.3 Å². The van der Waals surface area contributed by atoms with Crippen LogP contribution in [-0.4, -0.2) is 24.2 Å². The van der Waals surface area contributed by atoms with Crippen LogP contribution in [0.15, 0.2) is 28.2 Å². The second kappa shape index (κ2) is 9.03. The third-order valence-electron chi connectivity index (χ3n) is 4.91. The van der Waals surface area contributed by atoms with Gasteiger partial charge in [0.2, 0.25) is 0 Å². The summed E-state index contributed by atoms with van der Waals surface area (Å²) in [6.07, 6.45) is 1.86. The van der Waals surface area contributed by atoms with E-state index in [9.17, 15) is 15.3 Å². The van der Waals surface area contributed by atoms with Gasteiger partial charge in [-0.25, -0.2) is 9.78 Å². The van der Waals surface area contributed by atoms with Gasteiger partial charge in [0.15, 0.2) is 6.61 Å². The number of anilines is 1. The molecule has 0 saturated heterocycles. The summed E-state index contributed by atoms with van der Waals surface area (Å²) in [6, 6.07) is 9.67. The van der Waals surface area contributed by atoms with E-state index in [1.807, 2.05) is 19.1 Å². The van der Waals surface area contributed by atoms with Gasteiger partial charge in [0, 0.05) is 15.6 Å². The van der Waals surface area contributed by atoms with E-state index >= 15 is 0 Å². The molecule has 0 fully saturated rings. The summed E-state index contributed by atoms with van der Waals surface area (Å²) in [6.45, 7) is 5.39. The number of esters is 1. The van der Waals surface area contributed by atoms with Gasteiger partial charge in [0.05, 0.1) is 23.4 Å². The largest absolute Gasteiger partial charge is 0.481 e. The molecule has 1 aromatic heterocycles. The number of nitriles is 2. The van der Waals surface area contributed by atoms with Crippen LogP contribution in [0.5, 0.6) is 5.75 Å². The SMILES string of the molecule is CCOC(=O)COc1ccc(Br)cc1/C=C1\C(C)=C(C#N)c2nc(N)c(C#N)c(C)c21. The van der Waals surface area contributed by atoms with Crippen molar-refractivity contribution in [3.05, 3.63) is 56.2 Å². The number of carbonyl (C=O) groups excluding carboxylic acids is 1. The number of allylic oxidation sites excluding steroid dienone is 3. The van der Waals surface area contributed by atoms with Crippen LogP contribution in [0.4, 0.5) is 5.82 Å². The molecule has 0 radical (unpaired) electrons. The maximum Gasteiger partial charge on any atom is 0.344 e. The molecule has 1 aromatic carbocycles. The van der Waals surface area contributed by atoms with Gasteiger partial charge in [-0.2, -0.15) is 10.5 Å². The van der Waals surface area contributed by atoms with E-state index in [0.29, 0.717) is 33.7 Å². The topological polar surface area (TPSA) is 122 Å². The highest BCUT2D eigenvalue weighted by Gasteiger charge is 2.29. The monoisotopic (exact) mass is 478 g/mol. The Morgan fingerprint density at radius 1 is 1.29 bits per heavy atom. The summed E-state index contributed by atoms with van der Waals surface area (Å²) in [5.74, 6) is 0.110. The minimum Gasteiger partial charge on any atom is -0.481 e. The number of halogens is 1. The number of benzene rings is 1. The Labute approximate surface area is 188 Å². The molecule has 1 heterocycles. The first-order valence-corrected chi connectivity index (χ1v) is 10.2. The number of nitrogen functional groups attached to an aromatic ring is 1. The van der Waals surface area contributed by atoms with Gasteiger partial charge < -0.3 is 15.2 Å². The Bertz CT molecular complexity index is 1230. The predicted molar refractivity (Wildman–Crippen MR) is 120 cm³/mol. The molecule has 31 heavy (non-hydrogen) atoms. The van der Waals surface area contributed by atoms with Crippen molar-refractivity contribution in [1.29, 1.82) is 10.5 Å². The predicted octanol–water partition coefficient (Wildman–Crippen LogP) is 4.40. The summed E-state index contributed by atoms with van der Waals surface area (Å²) in [4.78, 5) is 16.0. The maximum absolute atomic E-state index is 11.7. The number of hydrogen-bond donors (Lipinski definition) is 1. The number of nitrogens with zero attached hydrogens (tertiary/aromatic N) is 3. The van der Waals surface area contributed by atoms with Crippen LogP contribution in [0.3, 0.4) is 0 Å². The van der Waals surface area contributed by atoms with E-state index in [2.05, 4.69) is 33.1 Å². The molecule has 2 N–H and O–H groups in total. The molecule has 7 nitrogen and oxygen atoms in total. The normalized spacial score (nSPS) is 13.5. The molecule has 8 heteroatoms. The number of pyridine rings is 1. The molecule has 0 bridgehead atoms. The van der Waals surface area contributed by atoms with Gasteiger partial charge in [0.1, 0.15) is 23.7 Å². The van der Waals surface area contributed by atoms with Gasteiger partial charge in [-0.05, 0) is 61.8 Å². The van der Waals surface area contributed by atoms with Gasteiger partial charge in [0.25, 0.3) is 0 Å². The quantitative estimate of drug-likeness (QED) is 0.631. The highest BCUT2D eigenvalue weighted by Crippen LogP contribution is 2.44. The van der Waals surface area contributed by atoms with Gasteiger partial charge in [-0.1, -0.05) is 15.9 Å². The summed E-state index contributed by atoms with van der Waals surface area (Å²) < 4.78 is 11.4. The number of fused-ring (bicyclic) bond motifs is 1. The van der Waals surface area contributed by atoms with Crippen LogP contribution in [-0.2, 0) is 9.53 Å². The van der Waals surface area contributed by atoms with Gasteiger partial charge in [-0.3, -0.25) is 0 Å². The summed E-state index contributed by atoms with van der Waals surface area (Å²) in [5, 5.41) is 19.2. The first-order valence-electron chi connectivity index (χ1n) is 9.44. The number of aromatic nitrogens is 1. The van der Waals surface area contributed by atoms with Gasteiger partial charge >= 0.3 is 5.97 Å². The standard InChI is InChI=1S/C23H19BrN4O3/c1-4-30-20(29)11-31-19-6-5-15(24)7-14(19)8-16-12(2)17(9-25)22-21(16)13(3)18(10-26)23(27)28-22/h5-8H,4,11H2,1-3H3,(H2,27,28)/b16-8+. The first kappa shape index (κ1) is 22.1. The number of ether oxygens (including phenoxy) is 2. The average molecular weight is 479 g/mol. The molecular weight excluding hydrogens is 460 g/mol. The fourth-order valence-corrected chi connectivity index (χ4v) is 3.83. The number of nitrogens with two attached hydrogens (primary N) is 1. The molecule has 3 rings (SSSR count). The fourth-order valence-electron chi connectivity index (χ4n) is 3.45. The van der Waals surface area contributed by atoms with E-state index in [1.165, 1.54) is 0 Å². The Morgan fingerprint density at radius 3 is 2.68 bits per heavy atom. The molecule has 2 aromatic rings. The van der Waals surface area contributed by atoms with E-state index in [4.69, 9.17) is 15.2 Å². The maximum atomic E-state index is 11.7. The third-order valence-corrected chi connectivity index (χ3v) is 5.40. The van der Waals surface area contributed by atoms with Crippen molar-refractivity contribution >= 4 is 44.9 Å². The summed E-state index contributed by atoms with van der Waals surface area (Å²) in [7, 11) is 0. The molecule has 0 amide bonds. The fraction of sp³-hybridized carbons (Fsp3) is 0.217. The molecule has 0 saturated carbocycles. The first-order chi connectivity index (χ1) is 14.8. The van der Waals surface area contributed by atoms with Crippen molar-refractivity contribution in [1.82, 2.24) is 4.98 Å². The number of hydrogen-bond acceptors (Lipinski definition) is 7. The van der Waals surface area contributed by atoms with E-state index in [0.717, 1.165) is 15.6 Å². The van der Waals surface area contributed by atoms with Crippen molar-refractivity contribution in [3.8, 4) is 17.9 Å². The molecule has 1 aliphatic rings. The summed E-state index contributed by atoms with van der Waals surface area (Å²) >= 11 is 3.46. The number of rotatable bonds is 5. The van der Waals surface area contributed by atoms with Crippen LogP contribution in [0, 0.1) is 29.6 Å². The molecule has 0 aliphatic heterocycles. The van der Waals surface area contributed by atoms with Crippen LogP contribution < -0.4 is 10.5 Å². The molecule has 0 atom stereocenters. The summed E-state index contributed by atoms with van der Waals surface area (Å²) in [5.41, 5.74) is 10.6. The highest BCUT2D eigenvalue weighted by molar-refractivity contribution is 9.10. The second-order valence-corrected chi connectivity index (χ2v) is 7.69. The second-order valence-electron chi connectivity index (χ2n) is 6.78. The van der Waals surface area contributed by atoms with E-state index < -0.39 is 5.97 Å². The molecule has 156 valence electrons. The zero-order chi connectivity index (χ0) is 22.7. The smallest absolute Gasteiger partial charge is 0.344 e.